The van der Waals surface area contributed by atoms with Crippen molar-refractivity contribution in [3.8, 4) is 5.75 Å². The van der Waals surface area contributed by atoms with Gasteiger partial charge in [-0.3, -0.25) is 4.79 Å². The van der Waals surface area contributed by atoms with E-state index in [9.17, 15) is 4.79 Å². The highest BCUT2D eigenvalue weighted by atomic mass is 35.5. The van der Waals surface area contributed by atoms with Crippen molar-refractivity contribution >= 4 is 18.3 Å². The fourth-order valence-corrected chi connectivity index (χ4v) is 2.89. The third-order valence-corrected chi connectivity index (χ3v) is 4.29. The van der Waals surface area contributed by atoms with E-state index >= 15 is 0 Å². The molecule has 0 spiro atoms. The van der Waals surface area contributed by atoms with Gasteiger partial charge in [0.2, 0.25) is 0 Å². The molecule has 1 aromatic rings. The number of carbonyl (C=O) groups is 1. The first kappa shape index (κ1) is 19.8. The minimum Gasteiger partial charge on any atom is -0.481 e. The van der Waals surface area contributed by atoms with Crippen LogP contribution in [0.2, 0.25) is 0 Å². The lowest BCUT2D eigenvalue weighted by molar-refractivity contribution is -0.138. The van der Waals surface area contributed by atoms with Crippen molar-refractivity contribution in [2.75, 3.05) is 13.1 Å². The van der Waals surface area contributed by atoms with Crippen LogP contribution in [0.4, 0.5) is 0 Å². The summed E-state index contributed by atoms with van der Waals surface area (Å²) in [5.74, 6) is 0.783. The van der Waals surface area contributed by atoms with Gasteiger partial charge in [-0.15, -0.1) is 12.4 Å². The number of hydrogen-bond acceptors (Lipinski definition) is 3. The van der Waals surface area contributed by atoms with Crippen molar-refractivity contribution in [1.82, 2.24) is 4.90 Å². The Hall–Kier alpha value is -1.26. The van der Waals surface area contributed by atoms with Crippen LogP contribution in [0.15, 0.2) is 24.3 Å². The normalized spacial score (nSPS) is 19.2. The van der Waals surface area contributed by atoms with Crippen LogP contribution in [-0.2, 0) is 10.2 Å². The molecule has 1 aromatic carbocycles. The Balaban J connectivity index is 0.00000264. The van der Waals surface area contributed by atoms with E-state index in [0.717, 1.165) is 25.1 Å². The molecule has 4 nitrogen and oxygen atoms in total. The molecule has 0 bridgehead atoms. The molecule has 23 heavy (non-hydrogen) atoms. The third-order valence-electron chi connectivity index (χ3n) is 4.29. The molecular formula is C18H29ClN2O2. The van der Waals surface area contributed by atoms with E-state index in [1.165, 1.54) is 5.56 Å². The molecule has 1 amide bonds. The van der Waals surface area contributed by atoms with Gasteiger partial charge in [0.25, 0.3) is 5.91 Å². The number of benzene rings is 1. The number of rotatable bonds is 4. The van der Waals surface area contributed by atoms with Crippen molar-refractivity contribution < 1.29 is 9.53 Å². The van der Waals surface area contributed by atoms with Crippen LogP contribution in [0, 0.1) is 0 Å². The van der Waals surface area contributed by atoms with Gasteiger partial charge >= 0.3 is 0 Å². The molecule has 2 unspecified atom stereocenters. The van der Waals surface area contributed by atoms with Gasteiger partial charge in [-0.2, -0.15) is 0 Å². The average Bonchev–Trinajstić information content (AvgIpc) is 2.94. The van der Waals surface area contributed by atoms with Gasteiger partial charge in [-0.05, 0) is 42.9 Å². The van der Waals surface area contributed by atoms with Gasteiger partial charge in [0, 0.05) is 19.1 Å². The molecule has 2 N–H and O–H groups in total. The largest absolute Gasteiger partial charge is 0.481 e. The SMILES string of the molecule is CC(Oc1cccc(C(C)(C)C)c1)C(=O)N1CCCC1CN.Cl. The van der Waals surface area contributed by atoms with E-state index in [1.54, 1.807) is 0 Å². The number of halogens is 1. The van der Waals surface area contributed by atoms with Gasteiger partial charge in [0.15, 0.2) is 6.10 Å². The number of hydrogen-bond donors (Lipinski definition) is 1. The van der Waals surface area contributed by atoms with Crippen LogP contribution < -0.4 is 10.5 Å². The number of carbonyl (C=O) groups excluding carboxylic acids is 1. The highest BCUT2D eigenvalue weighted by molar-refractivity contribution is 5.85. The standard InChI is InChI=1S/C18H28N2O2.ClH/c1-13(17(21)20-10-6-8-15(20)12-19)22-16-9-5-7-14(11-16)18(2,3)4;/h5,7,9,11,13,15H,6,8,10,12,19H2,1-4H3;1H. The zero-order valence-corrected chi connectivity index (χ0v) is 15.4. The topological polar surface area (TPSA) is 55.6 Å². The second-order valence-corrected chi connectivity index (χ2v) is 7.10. The molecule has 0 aromatic heterocycles. The number of nitrogens with zero attached hydrogens (tertiary/aromatic N) is 1. The van der Waals surface area contributed by atoms with E-state index in [1.807, 2.05) is 30.0 Å². The second-order valence-electron chi connectivity index (χ2n) is 7.10. The van der Waals surface area contributed by atoms with Crippen molar-refractivity contribution in [2.45, 2.75) is 58.1 Å². The third kappa shape index (κ3) is 4.85. The molecule has 0 saturated carbocycles. The number of nitrogens with two attached hydrogens (primary N) is 1. The van der Waals surface area contributed by atoms with E-state index in [4.69, 9.17) is 10.5 Å². The van der Waals surface area contributed by atoms with E-state index in [-0.39, 0.29) is 29.8 Å². The molecule has 1 saturated heterocycles. The van der Waals surface area contributed by atoms with Crippen molar-refractivity contribution in [3.05, 3.63) is 29.8 Å². The first-order valence-electron chi connectivity index (χ1n) is 8.10. The molecule has 130 valence electrons. The summed E-state index contributed by atoms with van der Waals surface area (Å²) in [6, 6.07) is 8.16. The first-order valence-corrected chi connectivity index (χ1v) is 8.10. The summed E-state index contributed by atoms with van der Waals surface area (Å²) in [5.41, 5.74) is 7.01. The smallest absolute Gasteiger partial charge is 0.263 e. The van der Waals surface area contributed by atoms with Crippen molar-refractivity contribution in [1.29, 1.82) is 0 Å². The highest BCUT2D eigenvalue weighted by Gasteiger charge is 2.31. The molecule has 1 fully saturated rings. The molecule has 0 aliphatic carbocycles. The van der Waals surface area contributed by atoms with Crippen LogP contribution in [0.25, 0.3) is 0 Å². The van der Waals surface area contributed by atoms with E-state index in [2.05, 4.69) is 26.8 Å². The maximum atomic E-state index is 12.5. The lowest BCUT2D eigenvalue weighted by Gasteiger charge is -2.27. The molecule has 0 radical (unpaired) electrons. The van der Waals surface area contributed by atoms with E-state index in [0.29, 0.717) is 6.54 Å². The summed E-state index contributed by atoms with van der Waals surface area (Å²) in [6.07, 6.45) is 1.54. The van der Waals surface area contributed by atoms with Crippen LogP contribution >= 0.6 is 12.4 Å². The Morgan fingerprint density at radius 3 is 2.74 bits per heavy atom. The Kier molecular flexibility index (Phi) is 6.90. The predicted molar refractivity (Wildman–Crippen MR) is 96.3 cm³/mol. The van der Waals surface area contributed by atoms with Gasteiger partial charge in [-0.25, -0.2) is 0 Å². The Morgan fingerprint density at radius 1 is 1.43 bits per heavy atom. The maximum Gasteiger partial charge on any atom is 0.263 e. The quantitative estimate of drug-likeness (QED) is 0.916. The zero-order valence-electron chi connectivity index (χ0n) is 14.5. The zero-order chi connectivity index (χ0) is 16.3. The van der Waals surface area contributed by atoms with Crippen LogP contribution in [0.5, 0.6) is 5.75 Å². The summed E-state index contributed by atoms with van der Waals surface area (Å²) in [6.45, 7) is 9.62. The Labute approximate surface area is 145 Å². The summed E-state index contributed by atoms with van der Waals surface area (Å²) < 4.78 is 5.89. The lowest BCUT2D eigenvalue weighted by Crippen LogP contribution is -2.45. The van der Waals surface area contributed by atoms with Gasteiger partial charge in [0.05, 0.1) is 0 Å². The summed E-state index contributed by atoms with van der Waals surface area (Å²) in [7, 11) is 0. The van der Waals surface area contributed by atoms with Gasteiger partial charge in [0.1, 0.15) is 5.75 Å². The number of likely N-dealkylation sites (tertiary alicyclic amines) is 1. The highest BCUT2D eigenvalue weighted by Crippen LogP contribution is 2.26. The van der Waals surface area contributed by atoms with Crippen molar-refractivity contribution in [3.63, 3.8) is 0 Å². The van der Waals surface area contributed by atoms with Crippen molar-refractivity contribution in [2.24, 2.45) is 5.73 Å². The fraction of sp³-hybridized carbons (Fsp3) is 0.611. The van der Waals surface area contributed by atoms with Crippen LogP contribution in [0.3, 0.4) is 0 Å². The molecule has 1 heterocycles. The monoisotopic (exact) mass is 340 g/mol. The van der Waals surface area contributed by atoms with Crippen LogP contribution in [-0.4, -0.2) is 36.0 Å². The van der Waals surface area contributed by atoms with E-state index < -0.39 is 6.10 Å². The molecule has 1 aliphatic heterocycles. The van der Waals surface area contributed by atoms with Crippen LogP contribution in [0.1, 0.15) is 46.1 Å². The lowest BCUT2D eigenvalue weighted by atomic mass is 9.87. The minimum absolute atomic E-state index is 0. The Bertz CT molecular complexity index is 528. The molecule has 2 rings (SSSR count). The number of amides is 1. The first-order chi connectivity index (χ1) is 10.3. The fourth-order valence-electron chi connectivity index (χ4n) is 2.89. The molecule has 2 atom stereocenters. The number of ether oxygens (including phenoxy) is 1. The average molecular weight is 341 g/mol. The summed E-state index contributed by atoms with van der Waals surface area (Å²) >= 11 is 0. The predicted octanol–water partition coefficient (Wildman–Crippen LogP) is 3.12. The van der Waals surface area contributed by atoms with Gasteiger partial charge < -0.3 is 15.4 Å². The second kappa shape index (κ2) is 8.02. The minimum atomic E-state index is -0.484. The molecular weight excluding hydrogens is 312 g/mol. The molecule has 1 aliphatic rings. The van der Waals surface area contributed by atoms with Gasteiger partial charge in [-0.1, -0.05) is 32.9 Å². The Morgan fingerprint density at radius 2 is 2.13 bits per heavy atom. The summed E-state index contributed by atoms with van der Waals surface area (Å²) in [5, 5.41) is 0. The molecule has 5 heteroatoms. The maximum absolute atomic E-state index is 12.5. The summed E-state index contributed by atoms with van der Waals surface area (Å²) in [4.78, 5) is 14.4.